The van der Waals surface area contributed by atoms with Gasteiger partial charge < -0.3 is 19.5 Å². The molecule has 5 rings (SSSR count). The molecule has 3 aromatic rings. The number of fused-ring (bicyclic) bond motifs is 5. The van der Waals surface area contributed by atoms with Gasteiger partial charge in [-0.3, -0.25) is 4.79 Å². The third kappa shape index (κ3) is 2.10. The van der Waals surface area contributed by atoms with Crippen molar-refractivity contribution in [2.45, 2.75) is 32.1 Å². The van der Waals surface area contributed by atoms with Crippen molar-refractivity contribution in [3.8, 4) is 17.1 Å². The number of rotatable bonds is 1. The first-order valence-corrected chi connectivity index (χ1v) is 9.62. The van der Waals surface area contributed by atoms with Gasteiger partial charge in [-0.05, 0) is 46.6 Å². The van der Waals surface area contributed by atoms with Crippen LogP contribution in [0.3, 0.4) is 0 Å². The lowest BCUT2D eigenvalue weighted by Gasteiger charge is -2.31. The highest BCUT2D eigenvalue weighted by atomic mass is 79.9. The fraction of sp³-hybridized carbons (Fsp3) is 0.250. The second kappa shape index (κ2) is 5.65. The predicted octanol–water partition coefficient (Wildman–Crippen LogP) is 2.55. The molecule has 1 aromatic carbocycles. The van der Waals surface area contributed by atoms with Crippen molar-refractivity contribution in [2.75, 3.05) is 0 Å². The third-order valence-electron chi connectivity index (χ3n) is 5.61. The lowest BCUT2D eigenvalue weighted by molar-refractivity contribution is -0.172. The fourth-order valence-electron chi connectivity index (χ4n) is 4.01. The third-order valence-corrected chi connectivity index (χ3v) is 6.44. The summed E-state index contributed by atoms with van der Waals surface area (Å²) in [7, 11) is 0. The number of aliphatic hydroxyl groups is 1. The van der Waals surface area contributed by atoms with Gasteiger partial charge in [0.2, 0.25) is 0 Å². The van der Waals surface area contributed by atoms with Crippen LogP contribution in [0.15, 0.2) is 33.5 Å². The van der Waals surface area contributed by atoms with Crippen LogP contribution in [0.5, 0.6) is 5.75 Å². The molecule has 1 atom stereocenters. The van der Waals surface area contributed by atoms with Gasteiger partial charge in [0.25, 0.3) is 5.56 Å². The number of benzene rings is 1. The first kappa shape index (κ1) is 17.4. The summed E-state index contributed by atoms with van der Waals surface area (Å²) in [5.74, 6) is -0.628. The number of phenols is 1. The average molecular weight is 443 g/mol. The van der Waals surface area contributed by atoms with E-state index in [1.165, 1.54) is 0 Å². The van der Waals surface area contributed by atoms with Gasteiger partial charge in [0.1, 0.15) is 12.4 Å². The molecular formula is C20H15BrN2O5. The van der Waals surface area contributed by atoms with E-state index in [2.05, 4.69) is 20.9 Å². The first-order chi connectivity index (χ1) is 13.3. The molecule has 0 amide bonds. The number of ether oxygens (including phenoxy) is 1. The van der Waals surface area contributed by atoms with Gasteiger partial charge in [-0.2, -0.15) is 0 Å². The molecule has 0 spiro atoms. The second-order valence-corrected chi connectivity index (χ2v) is 7.86. The predicted molar refractivity (Wildman–Crippen MR) is 104 cm³/mol. The van der Waals surface area contributed by atoms with Crippen molar-refractivity contribution in [2.24, 2.45) is 0 Å². The number of nitrogens with zero attached hydrogens (tertiary/aromatic N) is 2. The zero-order valence-corrected chi connectivity index (χ0v) is 16.4. The monoisotopic (exact) mass is 442 g/mol. The van der Waals surface area contributed by atoms with Gasteiger partial charge >= 0.3 is 5.97 Å². The van der Waals surface area contributed by atoms with Crippen molar-refractivity contribution < 1.29 is 19.7 Å². The number of aromatic nitrogens is 2. The van der Waals surface area contributed by atoms with Gasteiger partial charge in [0, 0.05) is 16.5 Å². The molecule has 0 fully saturated rings. The Morgan fingerprint density at radius 2 is 2.11 bits per heavy atom. The van der Waals surface area contributed by atoms with Crippen LogP contribution >= 0.6 is 15.9 Å². The number of aromatic hydroxyl groups is 1. The zero-order chi connectivity index (χ0) is 19.8. The number of esters is 1. The Kier molecular flexibility index (Phi) is 3.51. The number of pyridine rings is 2. The highest BCUT2D eigenvalue weighted by Crippen LogP contribution is 2.40. The van der Waals surface area contributed by atoms with Crippen molar-refractivity contribution in [3.05, 3.63) is 55.8 Å². The summed E-state index contributed by atoms with van der Waals surface area (Å²) in [4.78, 5) is 30.0. The summed E-state index contributed by atoms with van der Waals surface area (Å²) in [6, 6.07) is 6.82. The van der Waals surface area contributed by atoms with Crippen LogP contribution in [-0.2, 0) is 28.3 Å². The minimum Gasteiger partial charge on any atom is -0.507 e. The van der Waals surface area contributed by atoms with Crippen LogP contribution in [0.25, 0.3) is 22.3 Å². The number of cyclic esters (lactones) is 1. The molecule has 28 heavy (non-hydrogen) atoms. The van der Waals surface area contributed by atoms with Crippen LogP contribution in [0, 0.1) is 0 Å². The zero-order valence-electron chi connectivity index (χ0n) is 14.8. The normalized spacial score (nSPS) is 19.9. The van der Waals surface area contributed by atoms with E-state index in [1.54, 1.807) is 29.7 Å². The van der Waals surface area contributed by atoms with Gasteiger partial charge in [-0.25, -0.2) is 9.78 Å². The molecule has 2 N–H and O–H groups in total. The minimum atomic E-state index is -1.84. The van der Waals surface area contributed by atoms with Crippen molar-refractivity contribution >= 4 is 32.8 Å². The smallest absolute Gasteiger partial charge is 0.343 e. The minimum absolute atomic E-state index is 0.103. The largest absolute Gasteiger partial charge is 0.507 e. The molecule has 0 saturated heterocycles. The Morgan fingerprint density at radius 1 is 1.32 bits per heavy atom. The fourth-order valence-corrected chi connectivity index (χ4v) is 4.46. The number of halogens is 1. The maximum absolute atomic E-state index is 13.1. The molecule has 8 heteroatoms. The number of carbonyl (C=O) groups excluding carboxylic acids is 1. The first-order valence-electron chi connectivity index (χ1n) is 8.83. The molecule has 142 valence electrons. The van der Waals surface area contributed by atoms with Crippen LogP contribution in [0.4, 0.5) is 0 Å². The number of hydrogen-bond donors (Lipinski definition) is 2. The standard InChI is InChI=1S/C20H15BrN2O5/c1-2-20(27)12-6-14-17-9(5-10-13(22-17)3-4-15(24)16(10)21)7-23(14)18(25)11(12)8-28-19(20)26/h3-6,24,27H,2,7-8H2,1H3. The number of carbonyl (C=O) groups is 1. The maximum Gasteiger partial charge on any atom is 0.343 e. The highest BCUT2D eigenvalue weighted by molar-refractivity contribution is 9.10. The van der Waals surface area contributed by atoms with E-state index in [9.17, 15) is 19.8 Å². The molecule has 2 aliphatic rings. The second-order valence-electron chi connectivity index (χ2n) is 7.06. The van der Waals surface area contributed by atoms with Crippen LogP contribution < -0.4 is 5.56 Å². The van der Waals surface area contributed by atoms with E-state index >= 15 is 0 Å². The van der Waals surface area contributed by atoms with E-state index in [-0.39, 0.29) is 24.3 Å². The van der Waals surface area contributed by atoms with E-state index in [0.29, 0.717) is 39.0 Å². The molecule has 4 heterocycles. The van der Waals surface area contributed by atoms with Gasteiger partial charge in [0.05, 0.1) is 33.5 Å². The van der Waals surface area contributed by atoms with Crippen LogP contribution in [0.2, 0.25) is 0 Å². The van der Waals surface area contributed by atoms with Crippen LogP contribution in [-0.4, -0.2) is 25.7 Å². The maximum atomic E-state index is 13.1. The summed E-state index contributed by atoms with van der Waals surface area (Å²) < 4.78 is 7.19. The SMILES string of the molecule is CCC1(O)C(=O)OCc2c1cc1n(c2=O)Cc2cc3c(Br)c(O)ccc3nc2-1. The Bertz CT molecular complexity index is 1270. The van der Waals surface area contributed by atoms with Crippen molar-refractivity contribution in [3.63, 3.8) is 0 Å². The van der Waals surface area contributed by atoms with Crippen molar-refractivity contribution in [1.29, 1.82) is 0 Å². The molecule has 2 aliphatic heterocycles. The summed E-state index contributed by atoms with van der Waals surface area (Å²) in [6.45, 7) is 1.84. The van der Waals surface area contributed by atoms with Crippen LogP contribution in [0.1, 0.15) is 30.0 Å². The number of hydrogen-bond acceptors (Lipinski definition) is 6. The van der Waals surface area contributed by atoms with Gasteiger partial charge in [-0.1, -0.05) is 6.92 Å². The molecular weight excluding hydrogens is 428 g/mol. The topological polar surface area (TPSA) is 102 Å². The van der Waals surface area contributed by atoms with Crippen molar-refractivity contribution in [1.82, 2.24) is 9.55 Å². The van der Waals surface area contributed by atoms with Gasteiger partial charge in [0.15, 0.2) is 5.60 Å². The van der Waals surface area contributed by atoms with E-state index in [1.807, 2.05) is 6.07 Å². The quantitative estimate of drug-likeness (QED) is 0.439. The van der Waals surface area contributed by atoms with E-state index in [0.717, 1.165) is 10.9 Å². The molecule has 2 aromatic heterocycles. The summed E-state index contributed by atoms with van der Waals surface area (Å²) >= 11 is 3.38. The molecule has 0 radical (unpaired) electrons. The summed E-state index contributed by atoms with van der Waals surface area (Å²) in [5, 5.41) is 21.5. The molecule has 0 aliphatic carbocycles. The molecule has 1 unspecified atom stereocenters. The highest BCUT2D eigenvalue weighted by Gasteiger charge is 2.45. The summed E-state index contributed by atoms with van der Waals surface area (Å²) in [6.07, 6.45) is 0.103. The van der Waals surface area contributed by atoms with E-state index < -0.39 is 11.6 Å². The molecule has 0 bridgehead atoms. The Labute approximate surface area is 167 Å². The summed E-state index contributed by atoms with van der Waals surface area (Å²) in [5.41, 5.74) is 1.13. The lowest BCUT2D eigenvalue weighted by atomic mass is 9.86. The van der Waals surface area contributed by atoms with Gasteiger partial charge in [-0.15, -0.1) is 0 Å². The Morgan fingerprint density at radius 3 is 2.86 bits per heavy atom. The Balaban J connectivity index is 1.80. The lowest BCUT2D eigenvalue weighted by Crippen LogP contribution is -2.44. The average Bonchev–Trinajstić information content (AvgIpc) is 3.05. The Hall–Kier alpha value is -2.71. The number of phenolic OH excluding ortho intramolecular Hbond substituents is 1. The molecule has 0 saturated carbocycles. The van der Waals surface area contributed by atoms with E-state index in [4.69, 9.17) is 4.74 Å². The molecule has 7 nitrogen and oxygen atoms in total.